The molecule has 3 N–H and O–H groups in total. The van der Waals surface area contributed by atoms with E-state index < -0.39 is 0 Å². The Hall–Kier alpha value is -0.650. The van der Waals surface area contributed by atoms with Crippen LogP contribution in [0.25, 0.3) is 0 Å². The average Bonchev–Trinajstić information content (AvgIpc) is 2.36. The molecular formula is C13H10BrCl2FN2. The van der Waals surface area contributed by atoms with E-state index >= 15 is 0 Å². The predicted molar refractivity (Wildman–Crippen MR) is 79.7 cm³/mol. The first-order valence-corrected chi connectivity index (χ1v) is 6.94. The molecule has 0 aliphatic heterocycles. The Kier molecular flexibility index (Phi) is 4.81. The van der Waals surface area contributed by atoms with Crippen LogP contribution in [-0.2, 0) is 0 Å². The highest BCUT2D eigenvalue weighted by atomic mass is 79.9. The van der Waals surface area contributed by atoms with Gasteiger partial charge in [0.1, 0.15) is 5.82 Å². The van der Waals surface area contributed by atoms with Crippen LogP contribution in [0.1, 0.15) is 17.2 Å². The third-order valence-corrected chi connectivity index (χ3v) is 3.98. The molecule has 0 radical (unpaired) electrons. The van der Waals surface area contributed by atoms with Crippen LogP contribution in [0, 0.1) is 5.82 Å². The molecule has 0 saturated heterocycles. The molecule has 0 bridgehead atoms. The van der Waals surface area contributed by atoms with E-state index in [0.717, 1.165) is 11.1 Å². The molecule has 2 rings (SSSR count). The van der Waals surface area contributed by atoms with Gasteiger partial charge in [-0.1, -0.05) is 45.2 Å². The molecule has 0 spiro atoms. The number of halogens is 4. The van der Waals surface area contributed by atoms with Crippen LogP contribution in [0.5, 0.6) is 0 Å². The molecule has 0 heterocycles. The van der Waals surface area contributed by atoms with Crippen LogP contribution >= 0.6 is 39.1 Å². The molecule has 2 aromatic carbocycles. The minimum atomic E-state index is -0.388. The Labute approximate surface area is 128 Å². The van der Waals surface area contributed by atoms with Crippen molar-refractivity contribution < 1.29 is 4.39 Å². The maximum atomic E-state index is 13.1. The van der Waals surface area contributed by atoms with Crippen molar-refractivity contribution in [2.75, 3.05) is 0 Å². The normalized spacial score (nSPS) is 12.5. The van der Waals surface area contributed by atoms with Gasteiger partial charge in [-0.25, -0.2) is 9.82 Å². The number of nitrogens with two attached hydrogens (primary N) is 1. The first kappa shape index (κ1) is 14.8. The number of benzene rings is 2. The molecule has 2 nitrogen and oxygen atoms in total. The lowest BCUT2D eigenvalue weighted by Gasteiger charge is -2.20. The van der Waals surface area contributed by atoms with Crippen LogP contribution in [0.15, 0.2) is 40.9 Å². The molecule has 1 unspecified atom stereocenters. The van der Waals surface area contributed by atoms with Gasteiger partial charge in [0, 0.05) is 14.5 Å². The van der Waals surface area contributed by atoms with E-state index in [1.807, 2.05) is 0 Å². The fourth-order valence-corrected chi connectivity index (χ4v) is 2.81. The maximum absolute atomic E-state index is 13.1. The highest BCUT2D eigenvalue weighted by Gasteiger charge is 2.18. The van der Waals surface area contributed by atoms with Gasteiger partial charge in [-0.15, -0.1) is 0 Å². The SMILES string of the molecule is NNC(c1cc(Cl)ccc1Cl)c1ccc(F)cc1Br. The number of hydrazine groups is 1. The molecule has 100 valence electrons. The van der Waals surface area contributed by atoms with Gasteiger partial charge in [0.25, 0.3) is 0 Å². The van der Waals surface area contributed by atoms with Gasteiger partial charge in [-0.3, -0.25) is 5.84 Å². The molecule has 0 aliphatic rings. The van der Waals surface area contributed by atoms with E-state index in [1.165, 1.54) is 12.1 Å². The Bertz CT molecular complexity index is 607. The predicted octanol–water partition coefficient (Wildman–Crippen LogP) is 4.45. The van der Waals surface area contributed by atoms with Crippen LogP contribution in [-0.4, -0.2) is 0 Å². The van der Waals surface area contributed by atoms with Gasteiger partial charge in [0.05, 0.1) is 6.04 Å². The molecule has 1 atom stereocenters. The van der Waals surface area contributed by atoms with Gasteiger partial charge in [-0.05, 0) is 41.5 Å². The Morgan fingerprint density at radius 3 is 2.47 bits per heavy atom. The molecule has 19 heavy (non-hydrogen) atoms. The second-order valence-electron chi connectivity index (χ2n) is 3.93. The van der Waals surface area contributed by atoms with Gasteiger partial charge in [0.2, 0.25) is 0 Å². The van der Waals surface area contributed by atoms with Gasteiger partial charge >= 0.3 is 0 Å². The van der Waals surface area contributed by atoms with E-state index in [-0.39, 0.29) is 11.9 Å². The zero-order chi connectivity index (χ0) is 14.0. The van der Waals surface area contributed by atoms with Crippen LogP contribution < -0.4 is 11.3 Å². The number of nitrogens with one attached hydrogen (secondary N) is 1. The fourth-order valence-electron chi connectivity index (χ4n) is 1.82. The van der Waals surface area contributed by atoms with Gasteiger partial charge in [-0.2, -0.15) is 0 Å². The lowest BCUT2D eigenvalue weighted by atomic mass is 9.99. The van der Waals surface area contributed by atoms with Crippen LogP contribution in [0.4, 0.5) is 4.39 Å². The first-order valence-electron chi connectivity index (χ1n) is 5.39. The molecule has 0 saturated carbocycles. The largest absolute Gasteiger partial charge is 0.271 e. The van der Waals surface area contributed by atoms with E-state index in [0.29, 0.717) is 14.5 Å². The zero-order valence-corrected chi connectivity index (χ0v) is 12.7. The van der Waals surface area contributed by atoms with E-state index in [1.54, 1.807) is 24.3 Å². The molecule has 0 aliphatic carbocycles. The summed E-state index contributed by atoms with van der Waals surface area (Å²) in [6.45, 7) is 0. The summed E-state index contributed by atoms with van der Waals surface area (Å²) in [5.41, 5.74) is 4.16. The van der Waals surface area contributed by atoms with Crippen molar-refractivity contribution in [3.63, 3.8) is 0 Å². The summed E-state index contributed by atoms with van der Waals surface area (Å²) in [6.07, 6.45) is 0. The third-order valence-electron chi connectivity index (χ3n) is 2.71. The Morgan fingerprint density at radius 2 is 1.84 bits per heavy atom. The summed E-state index contributed by atoms with van der Waals surface area (Å²) >= 11 is 15.4. The maximum Gasteiger partial charge on any atom is 0.124 e. The van der Waals surface area contributed by atoms with Crippen molar-refractivity contribution in [2.45, 2.75) is 6.04 Å². The number of hydrogen-bond acceptors (Lipinski definition) is 2. The smallest absolute Gasteiger partial charge is 0.124 e. The monoisotopic (exact) mass is 362 g/mol. The molecule has 0 aromatic heterocycles. The first-order chi connectivity index (χ1) is 9.02. The minimum absolute atomic E-state index is 0.330. The molecule has 0 fully saturated rings. The van der Waals surface area contributed by atoms with Crippen LogP contribution in [0.3, 0.4) is 0 Å². The topological polar surface area (TPSA) is 38.0 Å². The summed E-state index contributed by atoms with van der Waals surface area (Å²) in [6, 6.07) is 9.11. The van der Waals surface area contributed by atoms with Crippen molar-refractivity contribution in [3.8, 4) is 0 Å². The van der Waals surface area contributed by atoms with Gasteiger partial charge < -0.3 is 0 Å². The van der Waals surface area contributed by atoms with E-state index in [4.69, 9.17) is 29.0 Å². The minimum Gasteiger partial charge on any atom is -0.271 e. The second kappa shape index (κ2) is 6.20. The Balaban J connectivity index is 2.52. The summed E-state index contributed by atoms with van der Waals surface area (Å²) in [7, 11) is 0. The molecular weight excluding hydrogens is 354 g/mol. The molecule has 0 amide bonds. The molecule has 2 aromatic rings. The Morgan fingerprint density at radius 1 is 1.11 bits per heavy atom. The standard InChI is InChI=1S/C13H10BrCl2FN2/c14-11-6-8(17)2-3-9(11)13(19-18)10-5-7(15)1-4-12(10)16/h1-6,13,19H,18H2. The van der Waals surface area contributed by atoms with E-state index in [9.17, 15) is 4.39 Å². The molecule has 6 heteroatoms. The summed E-state index contributed by atoms with van der Waals surface area (Å²) in [5.74, 6) is 5.27. The second-order valence-corrected chi connectivity index (χ2v) is 5.63. The van der Waals surface area contributed by atoms with Crippen molar-refractivity contribution in [1.29, 1.82) is 0 Å². The zero-order valence-electron chi connectivity index (χ0n) is 9.63. The van der Waals surface area contributed by atoms with Crippen molar-refractivity contribution in [1.82, 2.24) is 5.43 Å². The third kappa shape index (κ3) is 3.27. The lowest BCUT2D eigenvalue weighted by Crippen LogP contribution is -2.29. The summed E-state index contributed by atoms with van der Waals surface area (Å²) in [4.78, 5) is 0. The quantitative estimate of drug-likeness (QED) is 0.624. The van der Waals surface area contributed by atoms with E-state index in [2.05, 4.69) is 21.4 Å². The number of rotatable bonds is 3. The van der Waals surface area contributed by atoms with Crippen LogP contribution in [0.2, 0.25) is 10.0 Å². The van der Waals surface area contributed by atoms with Gasteiger partial charge in [0.15, 0.2) is 0 Å². The van der Waals surface area contributed by atoms with Crippen molar-refractivity contribution >= 4 is 39.1 Å². The van der Waals surface area contributed by atoms with Crippen molar-refractivity contribution in [3.05, 3.63) is 67.9 Å². The van der Waals surface area contributed by atoms with Crippen molar-refractivity contribution in [2.24, 2.45) is 5.84 Å². The highest BCUT2D eigenvalue weighted by molar-refractivity contribution is 9.10. The average molecular weight is 364 g/mol. The summed E-state index contributed by atoms with van der Waals surface area (Å²) in [5, 5.41) is 1.08. The fraction of sp³-hybridized carbons (Fsp3) is 0.0769. The number of hydrogen-bond donors (Lipinski definition) is 2. The summed E-state index contributed by atoms with van der Waals surface area (Å²) < 4.78 is 13.7. The highest BCUT2D eigenvalue weighted by Crippen LogP contribution is 2.33. The lowest BCUT2D eigenvalue weighted by molar-refractivity contribution is 0.613.